The van der Waals surface area contributed by atoms with E-state index in [1.807, 2.05) is 0 Å². The number of aromatic amines is 1. The molecule has 1 fully saturated rings. The van der Waals surface area contributed by atoms with Crippen LogP contribution in [0, 0.1) is 0 Å². The Hall–Kier alpha value is -3.99. The predicted molar refractivity (Wildman–Crippen MR) is 116 cm³/mol. The van der Waals surface area contributed by atoms with Gasteiger partial charge in [-0.3, -0.25) is 19.7 Å². The Balaban J connectivity index is 1.38. The van der Waals surface area contributed by atoms with E-state index in [-0.39, 0.29) is 23.0 Å². The lowest BCUT2D eigenvalue weighted by Crippen LogP contribution is -2.34. The maximum atomic E-state index is 12.7. The highest BCUT2D eigenvalue weighted by atomic mass is 16.5. The average molecular weight is 437 g/mol. The largest absolute Gasteiger partial charge is 0.495 e. The van der Waals surface area contributed by atoms with Gasteiger partial charge in [-0.15, -0.1) is 0 Å². The van der Waals surface area contributed by atoms with Crippen LogP contribution in [0.4, 0.5) is 11.4 Å². The summed E-state index contributed by atoms with van der Waals surface area (Å²) < 4.78 is 10.9. The normalized spacial score (nSPS) is 13.9. The van der Waals surface area contributed by atoms with E-state index in [1.54, 1.807) is 18.2 Å². The Morgan fingerprint density at radius 2 is 1.91 bits per heavy atom. The Labute approximate surface area is 183 Å². The summed E-state index contributed by atoms with van der Waals surface area (Å²) in [4.78, 5) is 33.4. The second-order valence-electron chi connectivity index (χ2n) is 7.13. The quantitative estimate of drug-likeness (QED) is 0.438. The van der Waals surface area contributed by atoms with E-state index >= 15 is 0 Å². The number of nitrogens with zero attached hydrogens (tertiary/aromatic N) is 3. The van der Waals surface area contributed by atoms with Crippen molar-refractivity contribution < 1.29 is 19.1 Å². The van der Waals surface area contributed by atoms with Gasteiger partial charge in [-0.2, -0.15) is 5.10 Å². The number of rotatable bonds is 7. The first-order chi connectivity index (χ1) is 15.6. The van der Waals surface area contributed by atoms with Crippen LogP contribution in [-0.2, 0) is 0 Å². The molecule has 32 heavy (non-hydrogen) atoms. The first-order valence-electron chi connectivity index (χ1n) is 10.1. The van der Waals surface area contributed by atoms with Crippen molar-refractivity contribution in [3.8, 4) is 11.6 Å². The molecule has 4 rings (SSSR count). The van der Waals surface area contributed by atoms with E-state index in [2.05, 4.69) is 36.1 Å². The van der Waals surface area contributed by atoms with Gasteiger partial charge in [0.15, 0.2) is 0 Å². The van der Waals surface area contributed by atoms with Crippen molar-refractivity contribution in [2.45, 2.75) is 18.9 Å². The van der Waals surface area contributed by atoms with Crippen LogP contribution in [0.3, 0.4) is 0 Å². The molecule has 4 N–H and O–H groups in total. The summed E-state index contributed by atoms with van der Waals surface area (Å²) in [6.45, 7) is 1.85. The van der Waals surface area contributed by atoms with Gasteiger partial charge in [0.05, 0.1) is 42.6 Å². The van der Waals surface area contributed by atoms with E-state index in [0.717, 1.165) is 25.9 Å². The van der Waals surface area contributed by atoms with Gasteiger partial charge in [-0.25, -0.2) is 4.98 Å². The van der Waals surface area contributed by atoms with Gasteiger partial charge < -0.3 is 25.4 Å². The van der Waals surface area contributed by atoms with Gasteiger partial charge in [0, 0.05) is 12.3 Å². The van der Waals surface area contributed by atoms with Crippen LogP contribution < -0.4 is 25.4 Å². The Morgan fingerprint density at radius 1 is 1.06 bits per heavy atom. The van der Waals surface area contributed by atoms with Gasteiger partial charge in [0.25, 0.3) is 11.8 Å². The molecule has 4 heterocycles. The monoisotopic (exact) mass is 437 g/mol. The van der Waals surface area contributed by atoms with Crippen LogP contribution >= 0.6 is 0 Å². The molecule has 0 spiro atoms. The third kappa shape index (κ3) is 5.19. The summed E-state index contributed by atoms with van der Waals surface area (Å²) in [6.07, 6.45) is 7.77. The van der Waals surface area contributed by atoms with Gasteiger partial charge in [-0.05, 0) is 38.1 Å². The molecule has 1 aliphatic heterocycles. The highest BCUT2D eigenvalue weighted by Gasteiger charge is 2.18. The molecule has 0 unspecified atom stereocenters. The maximum Gasteiger partial charge on any atom is 0.275 e. The number of amides is 2. The minimum absolute atomic E-state index is 0.101. The fourth-order valence-electron chi connectivity index (χ4n) is 3.20. The lowest BCUT2D eigenvalue weighted by molar-refractivity contribution is 0.102. The van der Waals surface area contributed by atoms with Gasteiger partial charge >= 0.3 is 0 Å². The van der Waals surface area contributed by atoms with Crippen molar-refractivity contribution in [1.29, 1.82) is 0 Å². The first kappa shape index (κ1) is 21.2. The number of ether oxygens (including phenoxy) is 2. The minimum Gasteiger partial charge on any atom is -0.495 e. The summed E-state index contributed by atoms with van der Waals surface area (Å²) in [5.41, 5.74) is 1.10. The van der Waals surface area contributed by atoms with Crippen LogP contribution in [0.15, 0.2) is 43.0 Å². The number of nitrogens with one attached hydrogen (secondary N) is 4. The topological polar surface area (TPSA) is 143 Å². The molecular formula is C21H23N7O4. The molecule has 3 aromatic rings. The highest BCUT2D eigenvalue weighted by molar-refractivity contribution is 6.11. The number of aromatic nitrogens is 4. The fraction of sp³-hybridized carbons (Fsp3) is 0.286. The van der Waals surface area contributed by atoms with Gasteiger partial charge in [-0.1, -0.05) is 0 Å². The molecular weight excluding hydrogens is 414 g/mol. The molecule has 0 radical (unpaired) electrons. The SMILES string of the molecule is COc1cncc(C(=O)Nc2cn[nH]c2C(=O)Nc2ccc(OC3CCNCC3)nc2)c1. The molecule has 0 bridgehead atoms. The van der Waals surface area contributed by atoms with Crippen LogP contribution in [0.5, 0.6) is 11.6 Å². The molecule has 3 aromatic heterocycles. The van der Waals surface area contributed by atoms with Crippen molar-refractivity contribution in [2.24, 2.45) is 0 Å². The number of carbonyl (C=O) groups excluding carboxylic acids is 2. The molecule has 0 saturated carbocycles. The lowest BCUT2D eigenvalue weighted by Gasteiger charge is -2.23. The van der Waals surface area contributed by atoms with Crippen molar-refractivity contribution in [3.05, 3.63) is 54.2 Å². The van der Waals surface area contributed by atoms with Crippen molar-refractivity contribution >= 4 is 23.2 Å². The van der Waals surface area contributed by atoms with Gasteiger partial charge in [0.1, 0.15) is 17.5 Å². The average Bonchev–Trinajstić information content (AvgIpc) is 3.29. The summed E-state index contributed by atoms with van der Waals surface area (Å²) in [7, 11) is 1.48. The number of carbonyl (C=O) groups is 2. The van der Waals surface area contributed by atoms with E-state index in [9.17, 15) is 9.59 Å². The molecule has 1 saturated heterocycles. The summed E-state index contributed by atoms with van der Waals surface area (Å²) in [5, 5.41) is 15.1. The Bertz CT molecular complexity index is 1080. The number of hydrogen-bond donors (Lipinski definition) is 4. The summed E-state index contributed by atoms with van der Waals surface area (Å²) >= 11 is 0. The zero-order valence-corrected chi connectivity index (χ0v) is 17.4. The number of piperidine rings is 1. The first-order valence-corrected chi connectivity index (χ1v) is 10.1. The van der Waals surface area contributed by atoms with Crippen molar-refractivity contribution in [3.63, 3.8) is 0 Å². The fourth-order valence-corrected chi connectivity index (χ4v) is 3.20. The van der Waals surface area contributed by atoms with Crippen molar-refractivity contribution in [1.82, 2.24) is 25.5 Å². The second kappa shape index (κ2) is 9.88. The number of anilines is 2. The number of methoxy groups -OCH3 is 1. The predicted octanol–water partition coefficient (Wildman–Crippen LogP) is 1.84. The maximum absolute atomic E-state index is 12.7. The zero-order chi connectivity index (χ0) is 22.3. The van der Waals surface area contributed by atoms with Gasteiger partial charge in [0.2, 0.25) is 5.88 Å². The highest BCUT2D eigenvalue weighted by Crippen LogP contribution is 2.19. The number of pyridine rings is 2. The molecule has 166 valence electrons. The summed E-state index contributed by atoms with van der Waals surface area (Å²) in [5.74, 6) is 0.0301. The molecule has 0 aliphatic carbocycles. The smallest absolute Gasteiger partial charge is 0.275 e. The standard InChI is InChI=1S/C21H23N7O4/c1-31-16-8-13(9-23-11-16)20(29)27-17-12-25-28-19(17)21(30)26-14-2-3-18(24-10-14)32-15-4-6-22-7-5-15/h2-3,8-12,15,22H,4-7H2,1H3,(H,25,28)(H,26,30)(H,27,29). The van der Waals surface area contributed by atoms with Crippen LogP contribution in [0.1, 0.15) is 33.7 Å². The Morgan fingerprint density at radius 3 is 2.66 bits per heavy atom. The summed E-state index contributed by atoms with van der Waals surface area (Å²) in [6, 6.07) is 4.96. The molecule has 0 atom stereocenters. The van der Waals surface area contributed by atoms with E-state index in [0.29, 0.717) is 17.3 Å². The van der Waals surface area contributed by atoms with E-state index in [1.165, 1.54) is 31.9 Å². The number of H-pyrrole nitrogens is 1. The van der Waals surface area contributed by atoms with Crippen LogP contribution in [-0.4, -0.2) is 58.3 Å². The minimum atomic E-state index is -0.476. The lowest BCUT2D eigenvalue weighted by atomic mass is 10.1. The van der Waals surface area contributed by atoms with E-state index < -0.39 is 11.8 Å². The van der Waals surface area contributed by atoms with Crippen LogP contribution in [0.25, 0.3) is 0 Å². The third-order valence-corrected chi connectivity index (χ3v) is 4.89. The third-order valence-electron chi connectivity index (χ3n) is 4.89. The van der Waals surface area contributed by atoms with E-state index in [4.69, 9.17) is 9.47 Å². The number of hydrogen-bond acceptors (Lipinski definition) is 8. The van der Waals surface area contributed by atoms with Crippen LogP contribution in [0.2, 0.25) is 0 Å². The second-order valence-corrected chi connectivity index (χ2v) is 7.13. The molecule has 11 heteroatoms. The Kier molecular flexibility index (Phi) is 6.56. The molecule has 1 aliphatic rings. The molecule has 0 aromatic carbocycles. The molecule has 2 amide bonds. The van der Waals surface area contributed by atoms with Crippen molar-refractivity contribution in [2.75, 3.05) is 30.8 Å². The zero-order valence-electron chi connectivity index (χ0n) is 17.4. The molecule has 11 nitrogen and oxygen atoms in total.